The van der Waals surface area contributed by atoms with Crippen molar-refractivity contribution in [3.05, 3.63) is 76.3 Å². The van der Waals surface area contributed by atoms with Crippen molar-refractivity contribution in [2.24, 2.45) is 7.05 Å². The van der Waals surface area contributed by atoms with Crippen LogP contribution in [0, 0.1) is 5.82 Å². The molecule has 6 heteroatoms. The molecular formula is C16H14FN3OS. The fourth-order valence-corrected chi connectivity index (χ4v) is 2.85. The fraction of sp³-hybridized carbons (Fsp3) is 0.125. The zero-order valence-corrected chi connectivity index (χ0v) is 12.7. The molecule has 0 saturated carbocycles. The summed E-state index contributed by atoms with van der Waals surface area (Å²) < 4.78 is 15.0. The molecule has 112 valence electrons. The number of imidazole rings is 1. The van der Waals surface area contributed by atoms with Crippen LogP contribution in [0.25, 0.3) is 0 Å². The minimum absolute atomic E-state index is 0.182. The van der Waals surface area contributed by atoms with Gasteiger partial charge >= 0.3 is 0 Å². The van der Waals surface area contributed by atoms with Gasteiger partial charge in [-0.05, 0) is 29.1 Å². The summed E-state index contributed by atoms with van der Waals surface area (Å²) in [6, 6.07) is 7.39. The Hall–Kier alpha value is -2.47. The molecule has 3 aromatic rings. The minimum Gasteiger partial charge on any atom is -0.338 e. The minimum atomic E-state index is -0.437. The standard InChI is InChI=1S/C16H14FN3OS/c1-20-8-7-18-15(20)14(11-2-4-13(17)5-3-11)19-16(21)12-6-9-22-10-12/h2-10,14H,1H3,(H,19,21)/t14-/m1/s1. The van der Waals surface area contributed by atoms with Crippen LogP contribution in [-0.2, 0) is 7.05 Å². The van der Waals surface area contributed by atoms with Crippen molar-refractivity contribution >= 4 is 17.2 Å². The number of thiophene rings is 1. The summed E-state index contributed by atoms with van der Waals surface area (Å²) in [5.74, 6) is 0.195. The maximum atomic E-state index is 13.2. The van der Waals surface area contributed by atoms with E-state index in [1.165, 1.54) is 23.5 Å². The Morgan fingerprint density at radius 3 is 2.68 bits per heavy atom. The summed E-state index contributed by atoms with van der Waals surface area (Å²) in [6.07, 6.45) is 3.48. The predicted molar refractivity (Wildman–Crippen MR) is 83.2 cm³/mol. The van der Waals surface area contributed by atoms with Gasteiger partial charge in [-0.3, -0.25) is 4.79 Å². The number of hydrogen-bond acceptors (Lipinski definition) is 3. The highest BCUT2D eigenvalue weighted by Crippen LogP contribution is 2.21. The van der Waals surface area contributed by atoms with E-state index in [0.29, 0.717) is 11.4 Å². The van der Waals surface area contributed by atoms with Crippen LogP contribution in [0.15, 0.2) is 53.5 Å². The van der Waals surface area contributed by atoms with Gasteiger partial charge in [0.1, 0.15) is 17.7 Å². The Kier molecular flexibility index (Phi) is 4.02. The highest BCUT2D eigenvalue weighted by Gasteiger charge is 2.21. The van der Waals surface area contributed by atoms with Crippen LogP contribution in [0.2, 0.25) is 0 Å². The predicted octanol–water partition coefficient (Wildman–Crippen LogP) is 3.14. The normalized spacial score (nSPS) is 12.1. The first kappa shape index (κ1) is 14.5. The molecule has 1 N–H and O–H groups in total. The molecule has 22 heavy (non-hydrogen) atoms. The lowest BCUT2D eigenvalue weighted by Gasteiger charge is -2.19. The van der Waals surface area contributed by atoms with Crippen LogP contribution in [0.1, 0.15) is 27.8 Å². The number of halogens is 1. The van der Waals surface area contributed by atoms with E-state index in [-0.39, 0.29) is 11.7 Å². The van der Waals surface area contributed by atoms with Gasteiger partial charge in [-0.1, -0.05) is 12.1 Å². The van der Waals surface area contributed by atoms with Gasteiger partial charge in [0.2, 0.25) is 0 Å². The topological polar surface area (TPSA) is 46.9 Å². The third kappa shape index (κ3) is 2.92. The van der Waals surface area contributed by atoms with E-state index in [2.05, 4.69) is 10.3 Å². The number of carbonyl (C=O) groups is 1. The summed E-state index contributed by atoms with van der Waals surface area (Å²) in [7, 11) is 1.86. The SMILES string of the molecule is Cn1ccnc1[C@H](NC(=O)c1ccsc1)c1ccc(F)cc1. The van der Waals surface area contributed by atoms with E-state index in [1.807, 2.05) is 23.2 Å². The molecule has 0 aliphatic heterocycles. The Balaban J connectivity index is 1.95. The Morgan fingerprint density at radius 2 is 2.09 bits per heavy atom. The van der Waals surface area contributed by atoms with Crippen LogP contribution in [-0.4, -0.2) is 15.5 Å². The van der Waals surface area contributed by atoms with Crippen molar-refractivity contribution < 1.29 is 9.18 Å². The lowest BCUT2D eigenvalue weighted by atomic mass is 10.1. The van der Waals surface area contributed by atoms with Gasteiger partial charge in [-0.15, -0.1) is 0 Å². The average molecular weight is 315 g/mol. The van der Waals surface area contributed by atoms with Gasteiger partial charge in [-0.2, -0.15) is 11.3 Å². The van der Waals surface area contributed by atoms with E-state index in [0.717, 1.165) is 5.56 Å². The molecule has 2 aromatic heterocycles. The van der Waals surface area contributed by atoms with Crippen LogP contribution in [0.4, 0.5) is 4.39 Å². The summed E-state index contributed by atoms with van der Waals surface area (Å²) in [6.45, 7) is 0. The first-order valence-corrected chi connectivity index (χ1v) is 7.65. The highest BCUT2D eigenvalue weighted by molar-refractivity contribution is 7.08. The lowest BCUT2D eigenvalue weighted by molar-refractivity contribution is 0.0941. The van der Waals surface area contributed by atoms with Crippen LogP contribution >= 0.6 is 11.3 Å². The summed E-state index contributed by atoms with van der Waals surface area (Å²) in [5, 5.41) is 6.60. The smallest absolute Gasteiger partial charge is 0.252 e. The van der Waals surface area contributed by atoms with Crippen molar-refractivity contribution in [3.8, 4) is 0 Å². The van der Waals surface area contributed by atoms with Crippen molar-refractivity contribution in [1.82, 2.24) is 14.9 Å². The quantitative estimate of drug-likeness (QED) is 0.804. The van der Waals surface area contributed by atoms with Gasteiger partial charge in [0.05, 0.1) is 5.56 Å². The van der Waals surface area contributed by atoms with E-state index in [9.17, 15) is 9.18 Å². The number of hydrogen-bond donors (Lipinski definition) is 1. The number of aromatic nitrogens is 2. The maximum Gasteiger partial charge on any atom is 0.252 e. The second kappa shape index (κ2) is 6.11. The first-order chi connectivity index (χ1) is 10.6. The molecule has 1 aromatic carbocycles. The second-order valence-corrected chi connectivity index (χ2v) is 5.65. The van der Waals surface area contributed by atoms with E-state index < -0.39 is 6.04 Å². The van der Waals surface area contributed by atoms with Gasteiger partial charge in [0.25, 0.3) is 5.91 Å². The number of carbonyl (C=O) groups excluding carboxylic acids is 1. The molecule has 1 amide bonds. The maximum absolute atomic E-state index is 13.2. The van der Waals surface area contributed by atoms with Crippen molar-refractivity contribution in [3.63, 3.8) is 0 Å². The van der Waals surface area contributed by atoms with E-state index >= 15 is 0 Å². The van der Waals surface area contributed by atoms with Gasteiger partial charge < -0.3 is 9.88 Å². The number of amides is 1. The average Bonchev–Trinajstić information content (AvgIpc) is 3.17. The number of aryl methyl sites for hydroxylation is 1. The molecule has 2 heterocycles. The van der Waals surface area contributed by atoms with Gasteiger partial charge in [0.15, 0.2) is 0 Å². The van der Waals surface area contributed by atoms with Crippen molar-refractivity contribution in [2.45, 2.75) is 6.04 Å². The third-order valence-electron chi connectivity index (χ3n) is 3.38. The molecule has 0 bridgehead atoms. The Morgan fingerprint density at radius 1 is 1.32 bits per heavy atom. The molecule has 0 radical (unpaired) electrons. The first-order valence-electron chi connectivity index (χ1n) is 6.71. The van der Waals surface area contributed by atoms with Crippen LogP contribution in [0.3, 0.4) is 0 Å². The van der Waals surface area contributed by atoms with Gasteiger partial charge in [0, 0.05) is 24.8 Å². The van der Waals surface area contributed by atoms with Crippen LogP contribution in [0.5, 0.6) is 0 Å². The molecule has 0 saturated heterocycles. The second-order valence-electron chi connectivity index (χ2n) is 4.87. The van der Waals surface area contributed by atoms with Crippen molar-refractivity contribution in [1.29, 1.82) is 0 Å². The molecule has 1 atom stereocenters. The summed E-state index contributed by atoms with van der Waals surface area (Å²) >= 11 is 1.46. The molecular weight excluding hydrogens is 301 g/mol. The monoisotopic (exact) mass is 315 g/mol. The third-order valence-corrected chi connectivity index (χ3v) is 4.06. The van der Waals surface area contributed by atoms with E-state index in [4.69, 9.17) is 0 Å². The van der Waals surface area contributed by atoms with Crippen LogP contribution < -0.4 is 5.32 Å². The Labute approximate surface area is 131 Å². The Bertz CT molecular complexity index is 765. The number of benzene rings is 1. The number of nitrogens with zero attached hydrogens (tertiary/aromatic N) is 2. The lowest BCUT2D eigenvalue weighted by Crippen LogP contribution is -2.30. The zero-order valence-electron chi connectivity index (χ0n) is 11.9. The molecule has 0 aliphatic carbocycles. The number of rotatable bonds is 4. The van der Waals surface area contributed by atoms with E-state index in [1.54, 1.807) is 29.8 Å². The van der Waals surface area contributed by atoms with Crippen molar-refractivity contribution in [2.75, 3.05) is 0 Å². The number of nitrogens with one attached hydrogen (secondary N) is 1. The fourth-order valence-electron chi connectivity index (χ4n) is 2.22. The zero-order chi connectivity index (χ0) is 15.5. The summed E-state index contributed by atoms with van der Waals surface area (Å²) in [5.41, 5.74) is 1.38. The molecule has 3 rings (SSSR count). The molecule has 0 fully saturated rings. The largest absolute Gasteiger partial charge is 0.338 e. The molecule has 0 aliphatic rings. The van der Waals surface area contributed by atoms with Gasteiger partial charge in [-0.25, -0.2) is 9.37 Å². The highest BCUT2D eigenvalue weighted by atomic mass is 32.1. The summed E-state index contributed by atoms with van der Waals surface area (Å²) in [4.78, 5) is 16.7. The molecule has 0 unspecified atom stereocenters. The molecule has 0 spiro atoms. The molecule has 4 nitrogen and oxygen atoms in total.